The van der Waals surface area contributed by atoms with Crippen molar-refractivity contribution in [2.45, 2.75) is 20.0 Å². The van der Waals surface area contributed by atoms with Gasteiger partial charge in [-0.05, 0) is 25.5 Å². The van der Waals surface area contributed by atoms with Crippen LogP contribution < -0.4 is 10.6 Å². The van der Waals surface area contributed by atoms with Crippen molar-refractivity contribution in [3.8, 4) is 6.07 Å². The first-order chi connectivity index (χ1) is 10.9. The number of amides is 3. The minimum Gasteiger partial charge on any atom is -0.448 e. The summed E-state index contributed by atoms with van der Waals surface area (Å²) in [5.41, 5.74) is 1.46. The van der Waals surface area contributed by atoms with Gasteiger partial charge in [-0.2, -0.15) is 5.26 Å². The number of nitrogens with one attached hydrogen (secondary N) is 2. The summed E-state index contributed by atoms with van der Waals surface area (Å²) >= 11 is 0. The number of hydrogen-bond acceptors (Lipinski definition) is 5. The molecular weight excluding hydrogens is 298 g/mol. The lowest BCUT2D eigenvalue weighted by atomic mass is 10.1. The maximum absolute atomic E-state index is 11.9. The molecule has 0 bridgehead atoms. The molecule has 120 valence electrons. The lowest BCUT2D eigenvalue weighted by Gasteiger charge is -2.12. The number of benzene rings is 1. The first-order valence-electron chi connectivity index (χ1n) is 6.79. The van der Waals surface area contributed by atoms with Crippen molar-refractivity contribution in [2.24, 2.45) is 0 Å². The van der Waals surface area contributed by atoms with Gasteiger partial charge in [0.1, 0.15) is 11.6 Å². The summed E-state index contributed by atoms with van der Waals surface area (Å²) < 4.78 is 4.88. The third kappa shape index (κ3) is 5.63. The Kier molecular flexibility index (Phi) is 6.49. The summed E-state index contributed by atoms with van der Waals surface area (Å²) in [7, 11) is 1.34. The molecule has 3 amide bonds. The van der Waals surface area contributed by atoms with Crippen LogP contribution in [0.1, 0.15) is 18.1 Å². The van der Waals surface area contributed by atoms with Crippen LogP contribution in [0.15, 0.2) is 29.8 Å². The van der Waals surface area contributed by atoms with Crippen molar-refractivity contribution in [1.82, 2.24) is 10.6 Å². The molecule has 1 aromatic rings. The second-order valence-electron chi connectivity index (χ2n) is 4.70. The number of ether oxygens (including phenoxy) is 1. The van der Waals surface area contributed by atoms with Crippen LogP contribution in [0, 0.1) is 18.3 Å². The van der Waals surface area contributed by atoms with E-state index < -0.39 is 24.0 Å². The van der Waals surface area contributed by atoms with Gasteiger partial charge in [0, 0.05) is 7.05 Å². The molecule has 0 aliphatic rings. The lowest BCUT2D eigenvalue weighted by molar-refractivity contribution is -0.150. The average Bonchev–Trinajstić information content (AvgIpc) is 2.53. The highest BCUT2D eigenvalue weighted by Gasteiger charge is 2.21. The number of esters is 1. The number of nitrogens with zero attached hydrogens (tertiary/aromatic N) is 1. The van der Waals surface area contributed by atoms with E-state index in [-0.39, 0.29) is 5.57 Å². The first kappa shape index (κ1) is 17.9. The second-order valence-corrected chi connectivity index (χ2v) is 4.70. The monoisotopic (exact) mass is 315 g/mol. The summed E-state index contributed by atoms with van der Waals surface area (Å²) in [5, 5.41) is 13.2. The van der Waals surface area contributed by atoms with Crippen LogP contribution in [-0.2, 0) is 14.3 Å². The van der Waals surface area contributed by atoms with E-state index >= 15 is 0 Å². The fourth-order valence-corrected chi connectivity index (χ4v) is 1.52. The zero-order valence-corrected chi connectivity index (χ0v) is 13.0. The smallest absolute Gasteiger partial charge is 0.349 e. The highest BCUT2D eigenvalue weighted by molar-refractivity contribution is 6.01. The Morgan fingerprint density at radius 2 is 1.87 bits per heavy atom. The zero-order valence-electron chi connectivity index (χ0n) is 13.0. The van der Waals surface area contributed by atoms with Gasteiger partial charge in [-0.1, -0.05) is 29.8 Å². The Labute approximate surface area is 133 Å². The predicted octanol–water partition coefficient (Wildman–Crippen LogP) is 1.29. The third-order valence-corrected chi connectivity index (χ3v) is 2.85. The molecule has 1 rings (SSSR count). The van der Waals surface area contributed by atoms with Gasteiger partial charge in [-0.15, -0.1) is 0 Å². The molecule has 0 aromatic heterocycles. The quantitative estimate of drug-likeness (QED) is 0.494. The number of imide groups is 1. The standard InChI is InChI=1S/C16H17N3O4/c1-10-4-6-12(7-5-10)8-13(9-17)15(21)23-11(2)14(20)19-16(22)18-3/h4-8,11H,1-3H3,(H2,18,19,20,22)/b13-8+/t11-/m1/s1. The normalized spacial score (nSPS) is 11.8. The molecule has 1 aromatic carbocycles. The summed E-state index contributed by atoms with van der Waals surface area (Å²) in [6.07, 6.45) is 0.153. The molecule has 0 radical (unpaired) electrons. The summed E-state index contributed by atoms with van der Waals surface area (Å²) in [4.78, 5) is 34.5. The van der Waals surface area contributed by atoms with Gasteiger partial charge < -0.3 is 10.1 Å². The van der Waals surface area contributed by atoms with Crippen molar-refractivity contribution < 1.29 is 19.1 Å². The van der Waals surface area contributed by atoms with Gasteiger partial charge in [0.15, 0.2) is 6.10 Å². The Morgan fingerprint density at radius 3 is 2.39 bits per heavy atom. The highest BCUT2D eigenvalue weighted by Crippen LogP contribution is 2.10. The Bertz CT molecular complexity index is 672. The Morgan fingerprint density at radius 1 is 1.26 bits per heavy atom. The van der Waals surface area contributed by atoms with Gasteiger partial charge >= 0.3 is 12.0 Å². The number of hydrogen-bond donors (Lipinski definition) is 2. The minimum absolute atomic E-state index is 0.242. The van der Waals surface area contributed by atoms with Gasteiger partial charge in [-0.3, -0.25) is 10.1 Å². The predicted molar refractivity (Wildman–Crippen MR) is 82.9 cm³/mol. The van der Waals surface area contributed by atoms with E-state index in [0.717, 1.165) is 5.56 Å². The number of carbonyl (C=O) groups excluding carboxylic acids is 3. The maximum atomic E-state index is 11.9. The molecule has 0 aliphatic carbocycles. The lowest BCUT2D eigenvalue weighted by Crippen LogP contribution is -2.43. The van der Waals surface area contributed by atoms with E-state index in [9.17, 15) is 14.4 Å². The van der Waals surface area contributed by atoms with E-state index in [4.69, 9.17) is 10.00 Å². The third-order valence-electron chi connectivity index (χ3n) is 2.85. The molecule has 0 spiro atoms. The number of rotatable bonds is 4. The van der Waals surface area contributed by atoms with Crippen LogP contribution >= 0.6 is 0 Å². The molecule has 1 atom stereocenters. The molecule has 7 nitrogen and oxygen atoms in total. The van der Waals surface area contributed by atoms with Crippen LogP contribution in [0.25, 0.3) is 6.08 Å². The van der Waals surface area contributed by atoms with Crippen molar-refractivity contribution in [2.75, 3.05) is 7.05 Å². The average molecular weight is 315 g/mol. The fraction of sp³-hybridized carbons (Fsp3) is 0.250. The van der Waals surface area contributed by atoms with Crippen LogP contribution in [0.4, 0.5) is 4.79 Å². The molecule has 0 saturated heterocycles. The van der Waals surface area contributed by atoms with Crippen LogP contribution in [0.2, 0.25) is 0 Å². The molecule has 2 N–H and O–H groups in total. The first-order valence-corrected chi connectivity index (χ1v) is 6.79. The van der Waals surface area contributed by atoms with Crippen molar-refractivity contribution in [3.63, 3.8) is 0 Å². The van der Waals surface area contributed by atoms with Crippen LogP contribution in [0.5, 0.6) is 0 Å². The van der Waals surface area contributed by atoms with Gasteiger partial charge in [0.25, 0.3) is 5.91 Å². The van der Waals surface area contributed by atoms with E-state index in [1.54, 1.807) is 18.2 Å². The van der Waals surface area contributed by atoms with Crippen LogP contribution in [-0.4, -0.2) is 31.1 Å². The SMILES string of the molecule is CNC(=O)NC(=O)[C@@H](C)OC(=O)/C(C#N)=C/c1ccc(C)cc1. The molecular formula is C16H17N3O4. The minimum atomic E-state index is -1.21. The topological polar surface area (TPSA) is 108 Å². The summed E-state index contributed by atoms with van der Waals surface area (Å²) in [6, 6.07) is 8.20. The largest absolute Gasteiger partial charge is 0.448 e. The van der Waals surface area contributed by atoms with Crippen molar-refractivity contribution >= 4 is 24.0 Å². The number of urea groups is 1. The number of carbonyl (C=O) groups is 3. The van der Waals surface area contributed by atoms with Gasteiger partial charge in [-0.25, -0.2) is 9.59 Å². The Hall–Kier alpha value is -3.14. The molecule has 0 saturated carbocycles. The number of aryl methyl sites for hydroxylation is 1. The molecule has 7 heteroatoms. The van der Waals surface area contributed by atoms with E-state index in [1.807, 2.05) is 24.4 Å². The van der Waals surface area contributed by atoms with E-state index in [0.29, 0.717) is 5.56 Å². The molecule has 23 heavy (non-hydrogen) atoms. The fourth-order valence-electron chi connectivity index (χ4n) is 1.52. The van der Waals surface area contributed by atoms with Crippen LogP contribution in [0.3, 0.4) is 0 Å². The van der Waals surface area contributed by atoms with E-state index in [1.165, 1.54) is 20.0 Å². The molecule has 0 heterocycles. The van der Waals surface area contributed by atoms with Gasteiger partial charge in [0.2, 0.25) is 0 Å². The number of nitriles is 1. The van der Waals surface area contributed by atoms with Crippen molar-refractivity contribution in [3.05, 3.63) is 41.0 Å². The molecule has 0 fully saturated rings. The highest BCUT2D eigenvalue weighted by atomic mass is 16.5. The van der Waals surface area contributed by atoms with E-state index in [2.05, 4.69) is 5.32 Å². The van der Waals surface area contributed by atoms with Crippen molar-refractivity contribution in [1.29, 1.82) is 5.26 Å². The summed E-state index contributed by atoms with van der Waals surface area (Å²) in [5.74, 6) is -1.72. The molecule has 0 unspecified atom stereocenters. The zero-order chi connectivity index (χ0) is 17.4. The second kappa shape index (κ2) is 8.34. The summed E-state index contributed by atoms with van der Waals surface area (Å²) in [6.45, 7) is 3.22. The Balaban J connectivity index is 2.77. The maximum Gasteiger partial charge on any atom is 0.349 e. The van der Waals surface area contributed by atoms with Gasteiger partial charge in [0.05, 0.1) is 0 Å². The molecule has 0 aliphatic heterocycles.